The molecule has 0 saturated carbocycles. The Morgan fingerprint density at radius 2 is 1.85 bits per heavy atom. The number of sulfonamides is 1. The molecule has 2 aliphatic heterocycles. The average Bonchev–Trinajstić information content (AvgIpc) is 3.17. The summed E-state index contributed by atoms with van der Waals surface area (Å²) < 4.78 is 28.0. The van der Waals surface area contributed by atoms with Crippen LogP contribution in [-0.2, 0) is 19.6 Å². The third-order valence-electron chi connectivity index (χ3n) is 5.01. The minimum absolute atomic E-state index is 0.121. The number of amides is 2. The van der Waals surface area contributed by atoms with Crippen molar-refractivity contribution in [3.63, 3.8) is 0 Å². The molecule has 1 atom stereocenters. The van der Waals surface area contributed by atoms with E-state index in [1.807, 2.05) is 4.90 Å². The molecule has 0 unspecified atom stereocenters. The number of nitrogens with zero attached hydrogens (tertiary/aromatic N) is 3. The fourth-order valence-electron chi connectivity index (χ4n) is 3.39. The zero-order valence-electron chi connectivity index (χ0n) is 15.4. The van der Waals surface area contributed by atoms with Crippen molar-refractivity contribution in [2.75, 3.05) is 32.7 Å². The second-order valence-corrected chi connectivity index (χ2v) is 11.9. The van der Waals surface area contributed by atoms with E-state index in [1.165, 1.54) is 20.5 Å². The topological polar surface area (TPSA) is 78.0 Å². The number of carbonyl (C=O) groups excluding carboxylic acids is 2. The number of hydrogen-bond donors (Lipinski definition) is 0. The summed E-state index contributed by atoms with van der Waals surface area (Å²) in [6, 6.07) is 2.87. The largest absolute Gasteiger partial charge is 0.289 e. The van der Waals surface area contributed by atoms with Gasteiger partial charge in [-0.15, -0.1) is 11.3 Å². The van der Waals surface area contributed by atoms with Crippen LogP contribution in [0, 0.1) is 5.92 Å². The van der Waals surface area contributed by atoms with Gasteiger partial charge in [-0.1, -0.05) is 13.8 Å². The molecule has 150 valence electrons. The smallest absolute Gasteiger partial charge is 0.252 e. The summed E-state index contributed by atoms with van der Waals surface area (Å²) in [6.45, 7) is 6.14. The van der Waals surface area contributed by atoms with Crippen LogP contribution in [0.4, 0.5) is 0 Å². The number of thiophene rings is 1. The van der Waals surface area contributed by atoms with E-state index in [-0.39, 0.29) is 18.2 Å². The van der Waals surface area contributed by atoms with Crippen molar-refractivity contribution in [2.24, 2.45) is 5.92 Å². The summed E-state index contributed by atoms with van der Waals surface area (Å²) in [5.74, 6) is 0.166. The fraction of sp³-hybridized carbons (Fsp3) is 0.647. The van der Waals surface area contributed by atoms with Crippen molar-refractivity contribution in [1.82, 2.24) is 14.1 Å². The highest BCUT2D eigenvalue weighted by molar-refractivity contribution is 9.11. The maximum absolute atomic E-state index is 12.7. The van der Waals surface area contributed by atoms with Gasteiger partial charge in [0, 0.05) is 32.7 Å². The fourth-order valence-corrected chi connectivity index (χ4v) is 6.98. The van der Waals surface area contributed by atoms with Crippen molar-refractivity contribution in [3.05, 3.63) is 15.9 Å². The van der Waals surface area contributed by atoms with E-state index in [4.69, 9.17) is 0 Å². The van der Waals surface area contributed by atoms with Gasteiger partial charge in [0.05, 0.1) is 16.2 Å². The number of halogens is 1. The lowest BCUT2D eigenvalue weighted by Crippen LogP contribution is -2.53. The Hall–Kier alpha value is -0.810. The minimum atomic E-state index is -3.51. The zero-order chi connectivity index (χ0) is 19.8. The van der Waals surface area contributed by atoms with Gasteiger partial charge in [0.25, 0.3) is 10.0 Å². The third kappa shape index (κ3) is 4.45. The lowest BCUT2D eigenvalue weighted by Gasteiger charge is -2.36. The molecular weight excluding hydrogens is 454 g/mol. The Bertz CT molecular complexity index is 816. The number of likely N-dealkylation sites (tertiary alicyclic amines) is 1. The molecule has 27 heavy (non-hydrogen) atoms. The molecule has 2 aliphatic rings. The maximum atomic E-state index is 12.7. The van der Waals surface area contributed by atoms with Crippen molar-refractivity contribution in [3.8, 4) is 0 Å². The SMILES string of the molecule is CC(C)CCN1C(=O)C[C@@H](N2CCN(S(=O)(=O)c3ccc(Br)s3)CC2)C1=O. The molecule has 0 aliphatic carbocycles. The van der Waals surface area contributed by atoms with E-state index in [9.17, 15) is 18.0 Å². The molecule has 0 radical (unpaired) electrons. The Morgan fingerprint density at radius 1 is 1.19 bits per heavy atom. The van der Waals surface area contributed by atoms with Crippen LogP contribution in [0.3, 0.4) is 0 Å². The highest BCUT2D eigenvalue weighted by Crippen LogP contribution is 2.29. The Morgan fingerprint density at radius 3 is 2.41 bits per heavy atom. The van der Waals surface area contributed by atoms with E-state index < -0.39 is 16.1 Å². The zero-order valence-corrected chi connectivity index (χ0v) is 18.6. The van der Waals surface area contributed by atoms with E-state index in [1.54, 1.807) is 12.1 Å². The van der Waals surface area contributed by atoms with Crippen molar-refractivity contribution in [1.29, 1.82) is 0 Å². The molecule has 0 aromatic carbocycles. The monoisotopic (exact) mass is 477 g/mol. The molecule has 7 nitrogen and oxygen atoms in total. The molecule has 0 bridgehead atoms. The van der Waals surface area contributed by atoms with Gasteiger partial charge in [-0.3, -0.25) is 19.4 Å². The van der Waals surface area contributed by atoms with Crippen LogP contribution in [0.5, 0.6) is 0 Å². The first-order valence-electron chi connectivity index (χ1n) is 9.04. The normalized spacial score (nSPS) is 23.0. The molecular formula is C17H24BrN3O4S2. The molecule has 3 rings (SSSR count). The van der Waals surface area contributed by atoms with Crippen molar-refractivity contribution < 1.29 is 18.0 Å². The van der Waals surface area contributed by atoms with Crippen LogP contribution in [0.15, 0.2) is 20.1 Å². The number of imide groups is 1. The van der Waals surface area contributed by atoms with E-state index in [0.29, 0.717) is 42.9 Å². The summed E-state index contributed by atoms with van der Waals surface area (Å²) >= 11 is 4.49. The molecule has 10 heteroatoms. The highest BCUT2D eigenvalue weighted by Gasteiger charge is 2.43. The molecule has 2 fully saturated rings. The Balaban J connectivity index is 1.61. The third-order valence-corrected chi connectivity index (χ3v) is 9.00. The van der Waals surface area contributed by atoms with Gasteiger partial charge in [0.2, 0.25) is 11.8 Å². The Kier molecular flexibility index (Phi) is 6.41. The van der Waals surface area contributed by atoms with Gasteiger partial charge in [-0.25, -0.2) is 8.42 Å². The van der Waals surface area contributed by atoms with Crippen LogP contribution in [-0.4, -0.2) is 73.1 Å². The van der Waals surface area contributed by atoms with E-state index in [0.717, 1.165) is 10.2 Å². The second-order valence-electron chi connectivity index (χ2n) is 7.28. The van der Waals surface area contributed by atoms with Crippen molar-refractivity contribution >= 4 is 49.1 Å². The summed E-state index contributed by atoms with van der Waals surface area (Å²) in [7, 11) is -3.51. The van der Waals surface area contributed by atoms with E-state index >= 15 is 0 Å². The molecule has 1 aromatic rings. The summed E-state index contributed by atoms with van der Waals surface area (Å²) in [5.41, 5.74) is 0. The van der Waals surface area contributed by atoms with Crippen LogP contribution in [0.25, 0.3) is 0 Å². The first kappa shape index (κ1) is 20.9. The predicted molar refractivity (Wildman–Crippen MR) is 107 cm³/mol. The van der Waals surface area contributed by atoms with Gasteiger partial charge in [-0.2, -0.15) is 4.31 Å². The summed E-state index contributed by atoms with van der Waals surface area (Å²) in [5, 5.41) is 0. The maximum Gasteiger partial charge on any atom is 0.252 e. The minimum Gasteiger partial charge on any atom is -0.289 e. The van der Waals surface area contributed by atoms with Gasteiger partial charge >= 0.3 is 0 Å². The molecule has 2 amide bonds. The lowest BCUT2D eigenvalue weighted by molar-refractivity contribution is -0.140. The Labute approximate surface area is 172 Å². The number of piperazine rings is 1. The average molecular weight is 478 g/mol. The van der Waals surface area contributed by atoms with E-state index in [2.05, 4.69) is 29.8 Å². The van der Waals surface area contributed by atoms with Crippen LogP contribution >= 0.6 is 27.3 Å². The quantitative estimate of drug-likeness (QED) is 0.585. The van der Waals surface area contributed by atoms with Gasteiger partial charge in [0.1, 0.15) is 4.21 Å². The molecule has 2 saturated heterocycles. The highest BCUT2D eigenvalue weighted by atomic mass is 79.9. The summed E-state index contributed by atoms with van der Waals surface area (Å²) in [6.07, 6.45) is 0.994. The van der Waals surface area contributed by atoms with Gasteiger partial charge < -0.3 is 0 Å². The van der Waals surface area contributed by atoms with Crippen LogP contribution in [0.2, 0.25) is 0 Å². The lowest BCUT2D eigenvalue weighted by atomic mass is 10.1. The number of carbonyl (C=O) groups is 2. The van der Waals surface area contributed by atoms with Gasteiger partial charge in [0.15, 0.2) is 0 Å². The second kappa shape index (κ2) is 8.28. The standard InChI is InChI=1S/C17H24BrN3O4S2/c1-12(2)5-6-21-15(22)11-13(17(21)23)19-7-9-20(10-8-19)27(24,25)16-4-3-14(18)26-16/h3-4,12-13H,5-11H2,1-2H3/t13-/m1/s1. The van der Waals surface area contributed by atoms with Crippen molar-refractivity contribution in [2.45, 2.75) is 36.9 Å². The molecule has 1 aromatic heterocycles. The predicted octanol–water partition coefficient (Wildman–Crippen LogP) is 1.99. The molecule has 0 spiro atoms. The molecule has 0 N–H and O–H groups in total. The van der Waals surface area contributed by atoms with Crippen LogP contribution < -0.4 is 0 Å². The first-order chi connectivity index (χ1) is 12.7. The van der Waals surface area contributed by atoms with Crippen LogP contribution in [0.1, 0.15) is 26.7 Å². The first-order valence-corrected chi connectivity index (χ1v) is 12.1. The molecule has 3 heterocycles. The number of hydrogen-bond acceptors (Lipinski definition) is 6. The summed E-state index contributed by atoms with van der Waals surface area (Å²) in [4.78, 5) is 28.2. The van der Waals surface area contributed by atoms with Gasteiger partial charge in [-0.05, 0) is 40.4 Å². The number of rotatable bonds is 6.